The number of amides is 3. The van der Waals surface area contributed by atoms with Crippen molar-refractivity contribution in [1.82, 2.24) is 10.2 Å². The predicted octanol–water partition coefficient (Wildman–Crippen LogP) is 6.53. The van der Waals surface area contributed by atoms with E-state index in [0.717, 1.165) is 11.1 Å². The SMILES string of the molecule is C#Cc1ccc(C(C(=O)Nc2c(C)cccc2C)N(C(=O)C(CC(C)C)NC(=O)OC(C)(C)C)C(C)(C)C)cc1. The average Bonchev–Trinajstić information content (AvgIpc) is 2.81. The molecule has 0 fully saturated rings. The standard InChI is InChI=1S/C33H45N3O4/c1-12-24-16-18-25(19-17-24)28(29(37)35-27-22(4)14-13-15-23(27)5)36(32(6,7)8)30(38)26(20-21(2)3)34-31(39)40-33(9,10)11/h1,13-19,21,26,28H,20H2,2-11H3,(H,34,39)(H,35,37). The first-order valence-electron chi connectivity index (χ1n) is 13.7. The number of aryl methyl sites for hydroxylation is 2. The second-order valence-corrected chi connectivity index (χ2v) is 12.6. The number of rotatable bonds is 8. The van der Waals surface area contributed by atoms with Crippen LogP contribution in [0.5, 0.6) is 0 Å². The molecule has 0 aromatic heterocycles. The average molecular weight is 548 g/mol. The normalized spacial score (nSPS) is 13.2. The Morgan fingerprint density at radius 3 is 1.95 bits per heavy atom. The van der Waals surface area contributed by atoms with E-state index in [1.165, 1.54) is 0 Å². The van der Waals surface area contributed by atoms with Gasteiger partial charge in [-0.25, -0.2) is 4.79 Å². The number of anilines is 1. The van der Waals surface area contributed by atoms with Crippen molar-refractivity contribution in [3.05, 3.63) is 64.7 Å². The molecule has 2 unspecified atom stereocenters. The van der Waals surface area contributed by atoms with Crippen molar-refractivity contribution in [3.8, 4) is 12.3 Å². The van der Waals surface area contributed by atoms with Gasteiger partial charge in [0.2, 0.25) is 5.91 Å². The van der Waals surface area contributed by atoms with Crippen molar-refractivity contribution in [2.24, 2.45) is 5.92 Å². The number of alkyl carbamates (subject to hydrolysis) is 1. The van der Waals surface area contributed by atoms with Crippen LogP contribution in [0.25, 0.3) is 0 Å². The van der Waals surface area contributed by atoms with Gasteiger partial charge >= 0.3 is 6.09 Å². The Kier molecular flexibility index (Phi) is 10.6. The minimum absolute atomic E-state index is 0.0857. The molecule has 0 spiro atoms. The van der Waals surface area contributed by atoms with Gasteiger partial charge in [-0.15, -0.1) is 6.42 Å². The summed E-state index contributed by atoms with van der Waals surface area (Å²) >= 11 is 0. The van der Waals surface area contributed by atoms with Crippen LogP contribution in [-0.2, 0) is 14.3 Å². The molecule has 2 rings (SSSR count). The molecule has 0 radical (unpaired) electrons. The smallest absolute Gasteiger partial charge is 0.408 e. The Bertz CT molecular complexity index is 1220. The Hall–Kier alpha value is -3.79. The van der Waals surface area contributed by atoms with Crippen molar-refractivity contribution in [1.29, 1.82) is 0 Å². The van der Waals surface area contributed by atoms with E-state index in [1.807, 2.05) is 66.7 Å². The molecule has 0 saturated carbocycles. The third-order valence-corrected chi connectivity index (χ3v) is 6.29. The number of nitrogens with zero attached hydrogens (tertiary/aromatic N) is 1. The molecule has 2 N–H and O–H groups in total. The predicted molar refractivity (Wildman–Crippen MR) is 161 cm³/mol. The Balaban J connectivity index is 2.65. The minimum atomic E-state index is -1.01. The Labute approximate surface area is 240 Å². The highest BCUT2D eigenvalue weighted by Gasteiger charge is 2.42. The maximum atomic E-state index is 14.4. The maximum absolute atomic E-state index is 14.4. The van der Waals surface area contributed by atoms with Crippen LogP contribution in [0, 0.1) is 32.1 Å². The van der Waals surface area contributed by atoms with Crippen LogP contribution >= 0.6 is 0 Å². The maximum Gasteiger partial charge on any atom is 0.408 e. The largest absolute Gasteiger partial charge is 0.444 e. The van der Waals surface area contributed by atoms with Crippen molar-refractivity contribution in [3.63, 3.8) is 0 Å². The summed E-state index contributed by atoms with van der Waals surface area (Å²) in [5.41, 5.74) is 2.26. The number of carbonyl (C=O) groups excluding carboxylic acids is 3. The van der Waals surface area contributed by atoms with Gasteiger partial charge < -0.3 is 20.3 Å². The molecule has 216 valence electrons. The van der Waals surface area contributed by atoms with E-state index in [1.54, 1.807) is 49.9 Å². The van der Waals surface area contributed by atoms with E-state index in [0.29, 0.717) is 23.2 Å². The first kappa shape index (κ1) is 32.4. The molecule has 2 aromatic rings. The van der Waals surface area contributed by atoms with Crippen molar-refractivity contribution in [2.75, 3.05) is 5.32 Å². The number of terminal acetylenes is 1. The second kappa shape index (κ2) is 13.0. The molecule has 2 aromatic carbocycles. The molecule has 2 atom stereocenters. The highest BCUT2D eigenvalue weighted by molar-refractivity contribution is 6.00. The number of carbonyl (C=O) groups is 3. The minimum Gasteiger partial charge on any atom is -0.444 e. The summed E-state index contributed by atoms with van der Waals surface area (Å²) in [6.07, 6.45) is 5.26. The van der Waals surface area contributed by atoms with Crippen LogP contribution in [0.1, 0.15) is 90.1 Å². The lowest BCUT2D eigenvalue weighted by atomic mass is 9.93. The number of hydrogen-bond donors (Lipinski definition) is 2. The molecule has 0 bridgehead atoms. The Morgan fingerprint density at radius 2 is 1.50 bits per heavy atom. The Morgan fingerprint density at radius 1 is 0.950 bits per heavy atom. The molecular formula is C33H45N3O4. The summed E-state index contributed by atoms with van der Waals surface area (Å²) in [5, 5.41) is 5.86. The fourth-order valence-corrected chi connectivity index (χ4v) is 4.54. The third kappa shape index (κ3) is 8.87. The lowest BCUT2D eigenvalue weighted by molar-refractivity contribution is -0.147. The van der Waals surface area contributed by atoms with Crippen LogP contribution in [0.2, 0.25) is 0 Å². The first-order valence-corrected chi connectivity index (χ1v) is 13.7. The zero-order valence-electron chi connectivity index (χ0n) is 25.6. The number of hydrogen-bond acceptors (Lipinski definition) is 4. The monoisotopic (exact) mass is 547 g/mol. The number of para-hydroxylation sites is 1. The van der Waals surface area contributed by atoms with E-state index < -0.39 is 29.3 Å². The van der Waals surface area contributed by atoms with Crippen LogP contribution < -0.4 is 10.6 Å². The molecule has 0 aliphatic rings. The van der Waals surface area contributed by atoms with Gasteiger partial charge in [-0.05, 0) is 96.6 Å². The molecule has 0 aliphatic heterocycles. The molecule has 0 saturated heterocycles. The highest BCUT2D eigenvalue weighted by Crippen LogP contribution is 2.33. The van der Waals surface area contributed by atoms with E-state index >= 15 is 0 Å². The van der Waals surface area contributed by atoms with Gasteiger partial charge in [0.15, 0.2) is 0 Å². The fraction of sp³-hybridized carbons (Fsp3) is 0.485. The first-order chi connectivity index (χ1) is 18.4. The van der Waals surface area contributed by atoms with E-state index in [2.05, 4.69) is 16.6 Å². The van der Waals surface area contributed by atoms with Crippen LogP contribution in [0.15, 0.2) is 42.5 Å². The molecule has 7 nitrogen and oxygen atoms in total. The van der Waals surface area contributed by atoms with Gasteiger partial charge in [0, 0.05) is 16.8 Å². The summed E-state index contributed by atoms with van der Waals surface area (Å²) in [7, 11) is 0. The van der Waals surface area contributed by atoms with E-state index in [-0.39, 0.29) is 17.7 Å². The topological polar surface area (TPSA) is 87.7 Å². The second-order valence-electron chi connectivity index (χ2n) is 12.6. The molecule has 40 heavy (non-hydrogen) atoms. The molecule has 0 aliphatic carbocycles. The lowest BCUT2D eigenvalue weighted by Crippen LogP contribution is -2.58. The van der Waals surface area contributed by atoms with E-state index in [4.69, 9.17) is 11.2 Å². The quantitative estimate of drug-likeness (QED) is 0.368. The van der Waals surface area contributed by atoms with Crippen molar-refractivity contribution < 1.29 is 19.1 Å². The number of ether oxygens (including phenoxy) is 1. The summed E-state index contributed by atoms with van der Waals surface area (Å²) in [5.74, 6) is 1.94. The molecular weight excluding hydrogens is 502 g/mol. The van der Waals surface area contributed by atoms with Crippen LogP contribution in [0.4, 0.5) is 10.5 Å². The summed E-state index contributed by atoms with van der Waals surface area (Å²) < 4.78 is 5.47. The van der Waals surface area contributed by atoms with Gasteiger partial charge in [0.1, 0.15) is 17.7 Å². The molecule has 0 heterocycles. The summed E-state index contributed by atoms with van der Waals surface area (Å²) in [6, 6.07) is 10.9. The fourth-order valence-electron chi connectivity index (χ4n) is 4.54. The van der Waals surface area contributed by atoms with Crippen molar-refractivity contribution >= 4 is 23.6 Å². The zero-order valence-corrected chi connectivity index (χ0v) is 25.6. The van der Waals surface area contributed by atoms with Gasteiger partial charge in [0.25, 0.3) is 5.91 Å². The highest BCUT2D eigenvalue weighted by atomic mass is 16.6. The van der Waals surface area contributed by atoms with Crippen LogP contribution in [0.3, 0.4) is 0 Å². The summed E-state index contributed by atoms with van der Waals surface area (Å²) in [6.45, 7) is 18.7. The van der Waals surface area contributed by atoms with Gasteiger partial charge in [-0.2, -0.15) is 0 Å². The number of nitrogens with one attached hydrogen (secondary N) is 2. The van der Waals surface area contributed by atoms with Crippen molar-refractivity contribution in [2.45, 2.75) is 98.9 Å². The number of benzene rings is 2. The summed E-state index contributed by atoms with van der Waals surface area (Å²) in [4.78, 5) is 42.9. The van der Waals surface area contributed by atoms with E-state index in [9.17, 15) is 14.4 Å². The van der Waals surface area contributed by atoms with Gasteiger partial charge in [0.05, 0.1) is 0 Å². The third-order valence-electron chi connectivity index (χ3n) is 6.29. The zero-order chi connectivity index (χ0) is 30.4. The molecule has 3 amide bonds. The van der Waals surface area contributed by atoms with Gasteiger partial charge in [-0.1, -0.05) is 50.1 Å². The lowest BCUT2D eigenvalue weighted by Gasteiger charge is -2.43. The van der Waals surface area contributed by atoms with Gasteiger partial charge in [-0.3, -0.25) is 9.59 Å². The molecule has 7 heteroatoms. The van der Waals surface area contributed by atoms with Crippen LogP contribution in [-0.4, -0.2) is 40.0 Å².